The van der Waals surface area contributed by atoms with Crippen LogP contribution in [-0.2, 0) is 0 Å². The first-order valence-corrected chi connectivity index (χ1v) is 6.42. The fraction of sp³-hybridized carbons (Fsp3) is 0.0667. The molecule has 2 aromatic rings. The minimum Gasteiger partial charge on any atom is -0.399 e. The van der Waals surface area contributed by atoms with Crippen LogP contribution in [0.4, 0.5) is 11.4 Å². The summed E-state index contributed by atoms with van der Waals surface area (Å²) in [4.78, 5) is 22.0. The molecule has 0 fully saturated rings. The number of nitro groups is 1. The average molecular weight is 298 g/mol. The highest BCUT2D eigenvalue weighted by atomic mass is 16.6. The number of rotatable bonds is 4. The first-order chi connectivity index (χ1) is 10.5. The largest absolute Gasteiger partial charge is 0.399 e. The monoisotopic (exact) mass is 298 g/mol. The highest BCUT2D eigenvalue weighted by Gasteiger charge is 2.07. The van der Waals surface area contributed by atoms with Crippen LogP contribution in [0, 0.1) is 10.1 Å². The van der Waals surface area contributed by atoms with E-state index in [9.17, 15) is 14.9 Å². The molecule has 0 bridgehead atoms. The number of nitrogens with two attached hydrogens (primary N) is 1. The molecule has 3 N–H and O–H groups in total. The van der Waals surface area contributed by atoms with E-state index in [0.29, 0.717) is 22.5 Å². The molecule has 0 saturated carbocycles. The van der Waals surface area contributed by atoms with E-state index in [1.807, 2.05) is 0 Å². The summed E-state index contributed by atoms with van der Waals surface area (Å²) in [6.07, 6.45) is 0. The Morgan fingerprint density at radius 3 is 2.45 bits per heavy atom. The Kier molecular flexibility index (Phi) is 4.47. The molecular formula is C15H14N4O3. The lowest BCUT2D eigenvalue weighted by Crippen LogP contribution is -2.19. The second-order valence-electron chi connectivity index (χ2n) is 4.57. The van der Waals surface area contributed by atoms with Crippen molar-refractivity contribution in [1.82, 2.24) is 5.43 Å². The summed E-state index contributed by atoms with van der Waals surface area (Å²) in [6, 6.07) is 12.4. The van der Waals surface area contributed by atoms with Gasteiger partial charge in [-0.2, -0.15) is 5.10 Å². The lowest BCUT2D eigenvalue weighted by molar-refractivity contribution is -0.384. The zero-order chi connectivity index (χ0) is 16.1. The van der Waals surface area contributed by atoms with Crippen LogP contribution in [0.1, 0.15) is 22.8 Å². The number of carbonyl (C=O) groups is 1. The highest BCUT2D eigenvalue weighted by molar-refractivity contribution is 6.01. The molecule has 0 saturated heterocycles. The third-order valence-corrected chi connectivity index (χ3v) is 2.97. The van der Waals surface area contributed by atoms with E-state index < -0.39 is 4.92 Å². The Labute approximate surface area is 126 Å². The van der Waals surface area contributed by atoms with Crippen molar-refractivity contribution >= 4 is 23.0 Å². The van der Waals surface area contributed by atoms with Gasteiger partial charge in [0.2, 0.25) is 0 Å². The zero-order valence-corrected chi connectivity index (χ0v) is 11.8. The van der Waals surface area contributed by atoms with Gasteiger partial charge in [-0.1, -0.05) is 6.07 Å². The normalized spacial score (nSPS) is 11.0. The summed E-state index contributed by atoms with van der Waals surface area (Å²) in [6.45, 7) is 1.70. The molecule has 0 heterocycles. The van der Waals surface area contributed by atoms with Crippen molar-refractivity contribution in [3.05, 3.63) is 69.8 Å². The van der Waals surface area contributed by atoms with E-state index in [1.165, 1.54) is 12.1 Å². The van der Waals surface area contributed by atoms with Gasteiger partial charge in [0.25, 0.3) is 11.6 Å². The molecular weight excluding hydrogens is 284 g/mol. The van der Waals surface area contributed by atoms with Crippen LogP contribution < -0.4 is 11.2 Å². The molecule has 0 radical (unpaired) electrons. The van der Waals surface area contributed by atoms with Crippen molar-refractivity contribution in [2.75, 3.05) is 5.73 Å². The smallest absolute Gasteiger partial charge is 0.271 e. The molecule has 112 valence electrons. The SMILES string of the molecule is C/C(=N\NC(=O)c1cccc(N)c1)c1ccc([N+](=O)[O-])cc1. The molecule has 7 nitrogen and oxygen atoms in total. The molecule has 1 amide bonds. The zero-order valence-electron chi connectivity index (χ0n) is 11.8. The summed E-state index contributed by atoms with van der Waals surface area (Å²) in [7, 11) is 0. The third-order valence-electron chi connectivity index (χ3n) is 2.97. The van der Waals surface area contributed by atoms with Crippen molar-refractivity contribution in [2.45, 2.75) is 6.92 Å². The molecule has 0 aromatic heterocycles. The number of hydrazone groups is 1. The van der Waals surface area contributed by atoms with Gasteiger partial charge in [-0.05, 0) is 42.8 Å². The maximum Gasteiger partial charge on any atom is 0.271 e. The Hall–Kier alpha value is -3.22. The van der Waals surface area contributed by atoms with Crippen LogP contribution in [0.3, 0.4) is 0 Å². The molecule has 0 atom stereocenters. The summed E-state index contributed by atoms with van der Waals surface area (Å²) in [5, 5.41) is 14.6. The van der Waals surface area contributed by atoms with E-state index in [4.69, 9.17) is 5.73 Å². The van der Waals surface area contributed by atoms with E-state index in [2.05, 4.69) is 10.5 Å². The summed E-state index contributed by atoms with van der Waals surface area (Å²) in [5.74, 6) is -0.381. The highest BCUT2D eigenvalue weighted by Crippen LogP contribution is 2.12. The minimum absolute atomic E-state index is 0.000321. The van der Waals surface area contributed by atoms with Gasteiger partial charge < -0.3 is 5.73 Å². The van der Waals surface area contributed by atoms with Crippen LogP contribution >= 0.6 is 0 Å². The number of nitro benzene ring substituents is 1. The van der Waals surface area contributed by atoms with E-state index in [1.54, 1.807) is 43.3 Å². The van der Waals surface area contributed by atoms with Crippen molar-refractivity contribution in [3.8, 4) is 0 Å². The van der Waals surface area contributed by atoms with Crippen LogP contribution in [0.2, 0.25) is 0 Å². The van der Waals surface area contributed by atoms with Crippen molar-refractivity contribution in [1.29, 1.82) is 0 Å². The number of hydrogen-bond donors (Lipinski definition) is 2. The molecule has 0 aliphatic rings. The summed E-state index contributed by atoms with van der Waals surface area (Å²) >= 11 is 0. The second kappa shape index (κ2) is 6.49. The number of nitrogen functional groups attached to an aromatic ring is 1. The predicted octanol–water partition coefficient (Wildman–Crippen LogP) is 2.33. The Morgan fingerprint density at radius 2 is 1.86 bits per heavy atom. The lowest BCUT2D eigenvalue weighted by Gasteiger charge is -2.03. The van der Waals surface area contributed by atoms with Gasteiger partial charge in [0.15, 0.2) is 0 Å². The fourth-order valence-corrected chi connectivity index (χ4v) is 1.77. The molecule has 2 rings (SSSR count). The summed E-state index contributed by atoms with van der Waals surface area (Å²) < 4.78 is 0. The van der Waals surface area contributed by atoms with Crippen molar-refractivity contribution in [3.63, 3.8) is 0 Å². The van der Waals surface area contributed by atoms with Gasteiger partial charge in [-0.25, -0.2) is 5.43 Å². The van der Waals surface area contributed by atoms with Gasteiger partial charge in [-0.3, -0.25) is 14.9 Å². The molecule has 2 aromatic carbocycles. The standard InChI is InChI=1S/C15H14N4O3/c1-10(11-5-7-14(8-6-11)19(21)22)17-18-15(20)12-3-2-4-13(16)9-12/h2-9H,16H2,1H3,(H,18,20)/b17-10+. The molecule has 7 heteroatoms. The van der Waals surface area contributed by atoms with Gasteiger partial charge >= 0.3 is 0 Å². The fourth-order valence-electron chi connectivity index (χ4n) is 1.77. The Morgan fingerprint density at radius 1 is 1.18 bits per heavy atom. The lowest BCUT2D eigenvalue weighted by atomic mass is 10.1. The number of nitrogens with zero attached hydrogens (tertiary/aromatic N) is 2. The average Bonchev–Trinajstić information content (AvgIpc) is 2.52. The molecule has 0 spiro atoms. The Bertz CT molecular complexity index is 739. The van der Waals surface area contributed by atoms with E-state index >= 15 is 0 Å². The molecule has 22 heavy (non-hydrogen) atoms. The molecule has 0 aliphatic carbocycles. The minimum atomic E-state index is -0.474. The number of nitrogens with one attached hydrogen (secondary N) is 1. The summed E-state index contributed by atoms with van der Waals surface area (Å²) in [5.41, 5.74) is 10.1. The predicted molar refractivity (Wildman–Crippen MR) is 83.6 cm³/mol. The first kappa shape index (κ1) is 15.2. The van der Waals surface area contributed by atoms with Crippen molar-refractivity contribution in [2.24, 2.45) is 5.10 Å². The number of amides is 1. The maximum atomic E-state index is 11.9. The van der Waals surface area contributed by atoms with Gasteiger partial charge in [0.05, 0.1) is 10.6 Å². The van der Waals surface area contributed by atoms with E-state index in [0.717, 1.165) is 0 Å². The van der Waals surface area contributed by atoms with Crippen LogP contribution in [0.5, 0.6) is 0 Å². The number of benzene rings is 2. The molecule has 0 unspecified atom stereocenters. The Balaban J connectivity index is 2.09. The first-order valence-electron chi connectivity index (χ1n) is 6.42. The van der Waals surface area contributed by atoms with Gasteiger partial charge in [0.1, 0.15) is 0 Å². The van der Waals surface area contributed by atoms with Crippen molar-refractivity contribution < 1.29 is 9.72 Å². The quantitative estimate of drug-likeness (QED) is 0.390. The molecule has 0 aliphatic heterocycles. The van der Waals surface area contributed by atoms with Crippen LogP contribution in [0.15, 0.2) is 53.6 Å². The van der Waals surface area contributed by atoms with Gasteiger partial charge in [0, 0.05) is 23.4 Å². The van der Waals surface area contributed by atoms with Gasteiger partial charge in [-0.15, -0.1) is 0 Å². The van der Waals surface area contributed by atoms with Crippen LogP contribution in [0.25, 0.3) is 0 Å². The van der Waals surface area contributed by atoms with Crippen LogP contribution in [-0.4, -0.2) is 16.5 Å². The second-order valence-corrected chi connectivity index (χ2v) is 4.57. The number of hydrogen-bond acceptors (Lipinski definition) is 5. The number of anilines is 1. The number of carbonyl (C=O) groups excluding carboxylic acids is 1. The number of non-ortho nitro benzene ring substituents is 1. The maximum absolute atomic E-state index is 11.9. The third kappa shape index (κ3) is 3.66. The topological polar surface area (TPSA) is 111 Å². The van der Waals surface area contributed by atoms with E-state index in [-0.39, 0.29) is 11.6 Å².